The van der Waals surface area contributed by atoms with Crippen LogP contribution in [-0.4, -0.2) is 26.1 Å². The minimum atomic E-state index is -3.53. The number of rotatable bonds is 8. The number of benzene rings is 2. The highest BCUT2D eigenvalue weighted by Gasteiger charge is 2.28. The van der Waals surface area contributed by atoms with Crippen molar-refractivity contribution < 1.29 is 13.2 Å². The Kier molecular flexibility index (Phi) is 6.24. The molecule has 1 saturated carbocycles. The Hall–Kier alpha value is -1.54. The van der Waals surface area contributed by atoms with E-state index in [1.54, 1.807) is 12.1 Å². The number of anilines is 1. The quantitative estimate of drug-likeness (QED) is 0.696. The summed E-state index contributed by atoms with van der Waals surface area (Å²) in [5.74, 6) is 0.804. The fraction of sp³-hybridized carbons (Fsp3) is 0.278. The maximum Gasteiger partial charge on any atom is 0.240 e. The van der Waals surface area contributed by atoms with E-state index in [0.717, 1.165) is 18.4 Å². The highest BCUT2D eigenvalue weighted by molar-refractivity contribution is 7.99. The maximum absolute atomic E-state index is 12.2. The predicted molar refractivity (Wildman–Crippen MR) is 106 cm³/mol. The minimum absolute atomic E-state index is 0.0440. The summed E-state index contributed by atoms with van der Waals surface area (Å²) in [6.45, 7) is 0. The first-order valence-electron chi connectivity index (χ1n) is 8.17. The molecule has 0 unspecified atom stereocenters. The van der Waals surface area contributed by atoms with Gasteiger partial charge in [-0.1, -0.05) is 29.8 Å². The molecule has 1 aliphatic carbocycles. The van der Waals surface area contributed by atoms with Crippen LogP contribution in [0.5, 0.6) is 0 Å². The van der Waals surface area contributed by atoms with Crippen molar-refractivity contribution in [2.75, 3.05) is 11.1 Å². The molecule has 0 radical (unpaired) electrons. The van der Waals surface area contributed by atoms with E-state index in [0.29, 0.717) is 16.5 Å². The van der Waals surface area contributed by atoms with Crippen LogP contribution in [-0.2, 0) is 20.6 Å². The van der Waals surface area contributed by atoms with Crippen molar-refractivity contribution in [1.82, 2.24) is 4.72 Å². The summed E-state index contributed by atoms with van der Waals surface area (Å²) in [4.78, 5) is 12.3. The average Bonchev–Trinajstić information content (AvgIpc) is 3.40. The number of halogens is 1. The van der Waals surface area contributed by atoms with Gasteiger partial charge in [-0.3, -0.25) is 4.79 Å². The summed E-state index contributed by atoms with van der Waals surface area (Å²) in [6.07, 6.45) is 1.75. The van der Waals surface area contributed by atoms with Gasteiger partial charge in [-0.05, 0) is 48.7 Å². The summed E-state index contributed by atoms with van der Waals surface area (Å²) < 4.78 is 27.1. The van der Waals surface area contributed by atoms with Crippen LogP contribution < -0.4 is 10.0 Å². The molecule has 8 heteroatoms. The summed E-state index contributed by atoms with van der Waals surface area (Å²) in [7, 11) is -3.53. The van der Waals surface area contributed by atoms with Crippen molar-refractivity contribution in [2.24, 2.45) is 0 Å². The van der Waals surface area contributed by atoms with Gasteiger partial charge in [0.05, 0.1) is 10.6 Å². The van der Waals surface area contributed by atoms with E-state index in [9.17, 15) is 13.2 Å². The van der Waals surface area contributed by atoms with E-state index < -0.39 is 10.0 Å². The summed E-state index contributed by atoms with van der Waals surface area (Å²) >= 11 is 7.32. The lowest BCUT2D eigenvalue weighted by atomic mass is 10.2. The molecule has 0 aliphatic heterocycles. The minimum Gasteiger partial charge on any atom is -0.325 e. The number of amides is 1. The Balaban J connectivity index is 1.52. The number of hydrogen-bond acceptors (Lipinski definition) is 4. The summed E-state index contributed by atoms with van der Waals surface area (Å²) in [5.41, 5.74) is 1.56. The van der Waals surface area contributed by atoms with Gasteiger partial charge in [0.25, 0.3) is 0 Å². The van der Waals surface area contributed by atoms with E-state index in [1.165, 1.54) is 23.9 Å². The SMILES string of the molecule is O=C(CSCc1ccc(Cl)cc1)Nc1cccc(S(=O)(=O)NC2CC2)c1. The van der Waals surface area contributed by atoms with Gasteiger partial charge >= 0.3 is 0 Å². The molecule has 5 nitrogen and oxygen atoms in total. The maximum atomic E-state index is 12.2. The second kappa shape index (κ2) is 8.43. The van der Waals surface area contributed by atoms with Crippen LogP contribution >= 0.6 is 23.4 Å². The van der Waals surface area contributed by atoms with Gasteiger partial charge in [0, 0.05) is 22.5 Å². The average molecular weight is 411 g/mol. The predicted octanol–water partition coefficient (Wildman–Crippen LogP) is 3.65. The van der Waals surface area contributed by atoms with Crippen LogP contribution in [0.4, 0.5) is 5.69 Å². The van der Waals surface area contributed by atoms with Crippen LogP contribution in [0.2, 0.25) is 5.02 Å². The lowest BCUT2D eigenvalue weighted by molar-refractivity contribution is -0.113. The van der Waals surface area contributed by atoms with Crippen molar-refractivity contribution in [2.45, 2.75) is 29.5 Å². The van der Waals surface area contributed by atoms with E-state index >= 15 is 0 Å². The molecule has 0 heterocycles. The van der Waals surface area contributed by atoms with E-state index in [-0.39, 0.29) is 22.6 Å². The summed E-state index contributed by atoms with van der Waals surface area (Å²) in [6, 6.07) is 13.8. The molecule has 2 N–H and O–H groups in total. The molecule has 2 aromatic rings. The number of sulfonamides is 1. The first-order valence-corrected chi connectivity index (χ1v) is 11.2. The fourth-order valence-electron chi connectivity index (χ4n) is 2.27. The molecule has 0 bridgehead atoms. The normalized spacial score (nSPS) is 14.2. The third-order valence-electron chi connectivity index (χ3n) is 3.74. The molecule has 1 aliphatic rings. The van der Waals surface area contributed by atoms with Crippen molar-refractivity contribution in [1.29, 1.82) is 0 Å². The van der Waals surface area contributed by atoms with Crippen molar-refractivity contribution in [3.05, 3.63) is 59.1 Å². The standard InChI is InChI=1S/C18H19ClN2O3S2/c19-14-6-4-13(5-7-14)11-25-12-18(22)20-16-2-1-3-17(10-16)26(23,24)21-15-8-9-15/h1-7,10,15,21H,8-9,11-12H2,(H,20,22). The highest BCUT2D eigenvalue weighted by atomic mass is 35.5. The van der Waals surface area contributed by atoms with E-state index in [4.69, 9.17) is 11.6 Å². The monoisotopic (exact) mass is 410 g/mol. The molecule has 0 atom stereocenters. The van der Waals surface area contributed by atoms with Crippen molar-refractivity contribution in [3.63, 3.8) is 0 Å². The van der Waals surface area contributed by atoms with Gasteiger partial charge < -0.3 is 5.32 Å². The molecular formula is C18H19ClN2O3S2. The Morgan fingerprint density at radius 3 is 2.58 bits per heavy atom. The van der Waals surface area contributed by atoms with Crippen LogP contribution in [0.25, 0.3) is 0 Å². The number of hydrogen-bond donors (Lipinski definition) is 2. The number of thioether (sulfide) groups is 1. The molecule has 26 heavy (non-hydrogen) atoms. The summed E-state index contributed by atoms with van der Waals surface area (Å²) in [5, 5.41) is 3.43. The Morgan fingerprint density at radius 1 is 1.15 bits per heavy atom. The zero-order valence-electron chi connectivity index (χ0n) is 13.9. The van der Waals surface area contributed by atoms with Gasteiger partial charge in [0.2, 0.25) is 15.9 Å². The Bertz CT molecular complexity index is 882. The molecule has 0 saturated heterocycles. The molecule has 1 amide bonds. The lowest BCUT2D eigenvalue weighted by Gasteiger charge is -2.09. The third-order valence-corrected chi connectivity index (χ3v) is 6.52. The smallest absolute Gasteiger partial charge is 0.240 e. The third kappa shape index (κ3) is 5.74. The first kappa shape index (κ1) is 19.2. The Labute approximate surface area is 162 Å². The van der Waals surface area contributed by atoms with Crippen LogP contribution in [0.3, 0.4) is 0 Å². The lowest BCUT2D eigenvalue weighted by Crippen LogP contribution is -2.25. The number of nitrogens with one attached hydrogen (secondary N) is 2. The second-order valence-corrected chi connectivity index (χ2v) is 9.23. The largest absolute Gasteiger partial charge is 0.325 e. The van der Waals surface area contributed by atoms with Gasteiger partial charge in [-0.25, -0.2) is 13.1 Å². The molecule has 138 valence electrons. The van der Waals surface area contributed by atoms with Gasteiger partial charge in [-0.15, -0.1) is 11.8 Å². The first-order chi connectivity index (χ1) is 12.4. The molecular weight excluding hydrogens is 392 g/mol. The molecule has 2 aromatic carbocycles. The fourth-order valence-corrected chi connectivity index (χ4v) is 4.53. The zero-order valence-corrected chi connectivity index (χ0v) is 16.3. The van der Waals surface area contributed by atoms with Gasteiger partial charge in [0.15, 0.2) is 0 Å². The van der Waals surface area contributed by atoms with Crippen LogP contribution in [0, 0.1) is 0 Å². The Morgan fingerprint density at radius 2 is 1.88 bits per heavy atom. The van der Waals surface area contributed by atoms with Crippen LogP contribution in [0.15, 0.2) is 53.4 Å². The van der Waals surface area contributed by atoms with E-state index in [1.807, 2.05) is 24.3 Å². The van der Waals surface area contributed by atoms with Gasteiger partial charge in [-0.2, -0.15) is 0 Å². The van der Waals surface area contributed by atoms with Crippen molar-refractivity contribution in [3.8, 4) is 0 Å². The van der Waals surface area contributed by atoms with Crippen LogP contribution in [0.1, 0.15) is 18.4 Å². The van der Waals surface area contributed by atoms with Crippen molar-refractivity contribution >= 4 is 45.0 Å². The number of carbonyl (C=O) groups excluding carboxylic acids is 1. The molecule has 0 aromatic heterocycles. The molecule has 0 spiro atoms. The second-order valence-electron chi connectivity index (χ2n) is 6.09. The zero-order chi connectivity index (χ0) is 18.6. The topological polar surface area (TPSA) is 75.3 Å². The number of carbonyl (C=O) groups is 1. The van der Waals surface area contributed by atoms with E-state index in [2.05, 4.69) is 10.0 Å². The highest BCUT2D eigenvalue weighted by Crippen LogP contribution is 2.23. The van der Waals surface area contributed by atoms with Gasteiger partial charge in [0.1, 0.15) is 0 Å². The molecule has 3 rings (SSSR count). The molecule has 1 fully saturated rings.